The predicted molar refractivity (Wildman–Crippen MR) is 100 cm³/mol. The van der Waals surface area contributed by atoms with Gasteiger partial charge in [0.2, 0.25) is 0 Å². The van der Waals surface area contributed by atoms with Gasteiger partial charge in [0.15, 0.2) is 0 Å². The smallest absolute Gasteiger partial charge is 0.251 e. The zero-order valence-electron chi connectivity index (χ0n) is 15.0. The van der Waals surface area contributed by atoms with Crippen molar-refractivity contribution >= 4 is 5.91 Å². The SMILES string of the molecule is C=C(C)COc1cccc(C(=O)NCc2ccc(OC(C)C)cc2)c1. The van der Waals surface area contributed by atoms with Gasteiger partial charge in [0.05, 0.1) is 6.10 Å². The first-order valence-electron chi connectivity index (χ1n) is 8.35. The van der Waals surface area contributed by atoms with E-state index in [-0.39, 0.29) is 12.0 Å². The lowest BCUT2D eigenvalue weighted by Crippen LogP contribution is -2.22. The number of hydrogen-bond acceptors (Lipinski definition) is 3. The quantitative estimate of drug-likeness (QED) is 0.727. The van der Waals surface area contributed by atoms with Gasteiger partial charge in [0, 0.05) is 12.1 Å². The summed E-state index contributed by atoms with van der Waals surface area (Å²) in [5.41, 5.74) is 2.51. The molecule has 0 fully saturated rings. The molecule has 25 heavy (non-hydrogen) atoms. The van der Waals surface area contributed by atoms with Crippen molar-refractivity contribution in [3.05, 3.63) is 71.8 Å². The Kier molecular flexibility index (Phi) is 6.63. The van der Waals surface area contributed by atoms with E-state index < -0.39 is 0 Å². The Morgan fingerprint density at radius 2 is 1.84 bits per heavy atom. The molecular formula is C21H25NO3. The molecule has 0 saturated carbocycles. The van der Waals surface area contributed by atoms with Crippen LogP contribution in [0.2, 0.25) is 0 Å². The summed E-state index contributed by atoms with van der Waals surface area (Å²) in [6, 6.07) is 14.9. The standard InChI is InChI=1S/C21H25NO3/c1-15(2)14-24-20-7-5-6-18(12-20)21(23)22-13-17-8-10-19(11-9-17)25-16(3)4/h5-12,16H,1,13-14H2,2-4H3,(H,22,23). The maximum Gasteiger partial charge on any atom is 0.251 e. The first-order chi connectivity index (χ1) is 11.9. The number of rotatable bonds is 8. The van der Waals surface area contributed by atoms with Crippen LogP contribution >= 0.6 is 0 Å². The minimum absolute atomic E-state index is 0.136. The zero-order chi connectivity index (χ0) is 18.2. The Balaban J connectivity index is 1.91. The van der Waals surface area contributed by atoms with E-state index in [4.69, 9.17) is 9.47 Å². The van der Waals surface area contributed by atoms with Crippen LogP contribution in [0.4, 0.5) is 0 Å². The number of nitrogens with one attached hydrogen (secondary N) is 1. The third kappa shape index (κ3) is 6.34. The van der Waals surface area contributed by atoms with Gasteiger partial charge in [-0.2, -0.15) is 0 Å². The number of amides is 1. The third-order valence-electron chi connectivity index (χ3n) is 3.33. The molecule has 0 heterocycles. The van der Waals surface area contributed by atoms with Crippen molar-refractivity contribution in [1.82, 2.24) is 5.32 Å². The van der Waals surface area contributed by atoms with E-state index in [9.17, 15) is 4.79 Å². The second-order valence-corrected chi connectivity index (χ2v) is 6.27. The lowest BCUT2D eigenvalue weighted by molar-refractivity contribution is 0.0950. The number of carbonyl (C=O) groups is 1. The fourth-order valence-electron chi connectivity index (χ4n) is 2.18. The van der Waals surface area contributed by atoms with E-state index in [2.05, 4.69) is 11.9 Å². The van der Waals surface area contributed by atoms with Gasteiger partial charge in [-0.15, -0.1) is 0 Å². The van der Waals surface area contributed by atoms with Crippen LogP contribution in [0.1, 0.15) is 36.7 Å². The van der Waals surface area contributed by atoms with E-state index in [1.165, 1.54) is 0 Å². The first-order valence-corrected chi connectivity index (χ1v) is 8.35. The predicted octanol–water partition coefficient (Wildman–Crippen LogP) is 4.36. The lowest BCUT2D eigenvalue weighted by Gasteiger charge is -2.11. The van der Waals surface area contributed by atoms with Crippen molar-refractivity contribution in [2.75, 3.05) is 6.61 Å². The molecule has 0 spiro atoms. The highest BCUT2D eigenvalue weighted by Gasteiger charge is 2.07. The molecule has 0 radical (unpaired) electrons. The van der Waals surface area contributed by atoms with Crippen LogP contribution in [-0.2, 0) is 6.54 Å². The Bertz CT molecular complexity index is 720. The fourth-order valence-corrected chi connectivity index (χ4v) is 2.18. The average molecular weight is 339 g/mol. The average Bonchev–Trinajstić information content (AvgIpc) is 2.59. The second kappa shape index (κ2) is 8.92. The lowest BCUT2D eigenvalue weighted by atomic mass is 10.2. The number of hydrogen-bond donors (Lipinski definition) is 1. The van der Waals surface area contributed by atoms with Gasteiger partial charge in [-0.05, 0) is 62.2 Å². The normalized spacial score (nSPS) is 10.4. The topological polar surface area (TPSA) is 47.6 Å². The number of ether oxygens (including phenoxy) is 2. The van der Waals surface area contributed by atoms with Gasteiger partial charge < -0.3 is 14.8 Å². The summed E-state index contributed by atoms with van der Waals surface area (Å²) < 4.78 is 11.2. The maximum atomic E-state index is 12.3. The molecule has 0 aliphatic heterocycles. The highest BCUT2D eigenvalue weighted by molar-refractivity contribution is 5.94. The van der Waals surface area contributed by atoms with Gasteiger partial charge in [-0.1, -0.05) is 24.8 Å². The van der Waals surface area contributed by atoms with Crippen LogP contribution < -0.4 is 14.8 Å². The van der Waals surface area contributed by atoms with E-state index in [0.29, 0.717) is 24.5 Å². The zero-order valence-corrected chi connectivity index (χ0v) is 15.0. The van der Waals surface area contributed by atoms with Crippen molar-refractivity contribution in [2.24, 2.45) is 0 Å². The minimum Gasteiger partial charge on any atom is -0.491 e. The molecule has 0 aromatic heterocycles. The van der Waals surface area contributed by atoms with Gasteiger partial charge >= 0.3 is 0 Å². The van der Waals surface area contributed by atoms with E-state index in [1.807, 2.05) is 51.1 Å². The minimum atomic E-state index is -0.136. The Hall–Kier alpha value is -2.75. The Morgan fingerprint density at radius 1 is 1.12 bits per heavy atom. The van der Waals surface area contributed by atoms with E-state index >= 15 is 0 Å². The molecule has 2 aromatic rings. The largest absolute Gasteiger partial charge is 0.491 e. The summed E-state index contributed by atoms with van der Waals surface area (Å²) in [5, 5.41) is 2.91. The van der Waals surface area contributed by atoms with Crippen molar-refractivity contribution < 1.29 is 14.3 Å². The van der Waals surface area contributed by atoms with E-state index in [1.54, 1.807) is 18.2 Å². The summed E-state index contributed by atoms with van der Waals surface area (Å²) in [4.78, 5) is 12.3. The summed E-state index contributed by atoms with van der Waals surface area (Å²) in [7, 11) is 0. The molecule has 2 rings (SSSR count). The maximum absolute atomic E-state index is 12.3. The summed E-state index contributed by atoms with van der Waals surface area (Å²) in [6.45, 7) is 10.6. The number of benzene rings is 2. The van der Waals surface area contributed by atoms with Crippen LogP contribution in [0.5, 0.6) is 11.5 Å². The van der Waals surface area contributed by atoms with Crippen molar-refractivity contribution in [1.29, 1.82) is 0 Å². The molecule has 0 atom stereocenters. The van der Waals surface area contributed by atoms with Crippen LogP contribution in [0.15, 0.2) is 60.7 Å². The molecule has 4 heteroatoms. The molecule has 2 aromatic carbocycles. The highest BCUT2D eigenvalue weighted by Crippen LogP contribution is 2.15. The fraction of sp³-hybridized carbons (Fsp3) is 0.286. The molecule has 0 saturated heterocycles. The van der Waals surface area contributed by atoms with Crippen molar-refractivity contribution in [3.63, 3.8) is 0 Å². The third-order valence-corrected chi connectivity index (χ3v) is 3.33. The van der Waals surface area contributed by atoms with Crippen LogP contribution in [0, 0.1) is 0 Å². The summed E-state index contributed by atoms with van der Waals surface area (Å²) in [5.74, 6) is 1.35. The van der Waals surface area contributed by atoms with Gasteiger partial charge in [0.1, 0.15) is 18.1 Å². The molecule has 0 aliphatic carbocycles. The molecule has 4 nitrogen and oxygen atoms in total. The van der Waals surface area contributed by atoms with Crippen LogP contribution in [0.3, 0.4) is 0 Å². The van der Waals surface area contributed by atoms with Crippen molar-refractivity contribution in [3.8, 4) is 11.5 Å². The number of carbonyl (C=O) groups excluding carboxylic acids is 1. The highest BCUT2D eigenvalue weighted by atomic mass is 16.5. The molecule has 132 valence electrons. The van der Waals surface area contributed by atoms with E-state index in [0.717, 1.165) is 16.9 Å². The van der Waals surface area contributed by atoms with Crippen molar-refractivity contribution in [2.45, 2.75) is 33.4 Å². The molecule has 1 amide bonds. The monoisotopic (exact) mass is 339 g/mol. The molecular weight excluding hydrogens is 314 g/mol. The summed E-state index contributed by atoms with van der Waals surface area (Å²) >= 11 is 0. The van der Waals surface area contributed by atoms with Crippen LogP contribution in [0.25, 0.3) is 0 Å². The molecule has 0 aliphatic rings. The van der Waals surface area contributed by atoms with Crippen LogP contribution in [-0.4, -0.2) is 18.6 Å². The molecule has 0 bridgehead atoms. The Morgan fingerprint density at radius 3 is 2.48 bits per heavy atom. The van der Waals surface area contributed by atoms with Gasteiger partial charge in [-0.3, -0.25) is 4.79 Å². The van der Waals surface area contributed by atoms with Gasteiger partial charge in [0.25, 0.3) is 5.91 Å². The Labute approximate surface area is 149 Å². The second-order valence-electron chi connectivity index (χ2n) is 6.27. The van der Waals surface area contributed by atoms with Gasteiger partial charge in [-0.25, -0.2) is 0 Å². The molecule has 1 N–H and O–H groups in total. The molecule has 0 unspecified atom stereocenters. The summed E-state index contributed by atoms with van der Waals surface area (Å²) in [6.07, 6.45) is 0.143. The first kappa shape index (κ1) is 18.6.